The molecule has 0 aromatic heterocycles. The van der Waals surface area contributed by atoms with Crippen LogP contribution >= 0.6 is 11.6 Å². The Morgan fingerprint density at radius 3 is 2.32 bits per heavy atom. The summed E-state index contributed by atoms with van der Waals surface area (Å²) in [5.41, 5.74) is 0. The molecule has 2 aliphatic heterocycles. The molecule has 0 spiro atoms. The molecule has 1 unspecified atom stereocenters. The van der Waals surface area contributed by atoms with Crippen molar-refractivity contribution in [3.63, 3.8) is 0 Å². The van der Waals surface area contributed by atoms with Crippen LogP contribution in [0.3, 0.4) is 0 Å². The maximum absolute atomic E-state index is 13.0. The zero-order valence-electron chi connectivity index (χ0n) is 21.4. The fourth-order valence-electron chi connectivity index (χ4n) is 4.38. The van der Waals surface area contributed by atoms with E-state index in [1.807, 2.05) is 0 Å². The largest absolute Gasteiger partial charge is 0.486 e. The van der Waals surface area contributed by atoms with Gasteiger partial charge in [-0.25, -0.2) is 13.1 Å². The maximum Gasteiger partial charge on any atom is 0.422 e. The summed E-state index contributed by atoms with van der Waals surface area (Å²) in [6, 6.07) is 7.56. The van der Waals surface area contributed by atoms with Gasteiger partial charge in [-0.15, -0.1) is 0 Å². The minimum atomic E-state index is -4.76. The monoisotopic (exact) mass is 632 g/mol. The van der Waals surface area contributed by atoms with E-state index < -0.39 is 52.0 Å². The van der Waals surface area contributed by atoms with Crippen LogP contribution in [-0.4, -0.2) is 77.8 Å². The van der Waals surface area contributed by atoms with Crippen molar-refractivity contribution in [2.75, 3.05) is 46.0 Å². The summed E-state index contributed by atoms with van der Waals surface area (Å²) in [4.78, 5) is 1.40. The Labute approximate surface area is 237 Å². The maximum atomic E-state index is 13.0. The van der Waals surface area contributed by atoms with Crippen molar-refractivity contribution in [2.45, 2.75) is 36.2 Å². The molecular formula is C25H27ClF6N2O6S. The summed E-state index contributed by atoms with van der Waals surface area (Å²) in [5.74, 6) is -0.0745. The van der Waals surface area contributed by atoms with Crippen LogP contribution in [0.25, 0.3) is 0 Å². The van der Waals surface area contributed by atoms with Crippen molar-refractivity contribution >= 4 is 21.6 Å². The van der Waals surface area contributed by atoms with Gasteiger partial charge in [-0.3, -0.25) is 4.90 Å². The molecule has 1 fully saturated rings. The molecule has 2 heterocycles. The number of hydrogen-bond acceptors (Lipinski definition) is 7. The van der Waals surface area contributed by atoms with Gasteiger partial charge in [0.1, 0.15) is 29.1 Å². The predicted octanol–water partition coefficient (Wildman–Crippen LogP) is 5.05. The van der Waals surface area contributed by atoms with Crippen LogP contribution in [-0.2, 0) is 10.0 Å². The smallest absolute Gasteiger partial charge is 0.422 e. The van der Waals surface area contributed by atoms with E-state index in [9.17, 15) is 34.8 Å². The normalized spacial score (nSPS) is 18.8. The minimum absolute atomic E-state index is 0.0303. The number of nitrogens with zero attached hydrogens (tertiary/aromatic N) is 1. The van der Waals surface area contributed by atoms with E-state index in [4.69, 9.17) is 21.1 Å². The summed E-state index contributed by atoms with van der Waals surface area (Å²) in [6.07, 6.45) is -8.46. The molecule has 0 aliphatic carbocycles. The van der Waals surface area contributed by atoms with E-state index in [-0.39, 0.29) is 18.6 Å². The molecule has 41 heavy (non-hydrogen) atoms. The van der Waals surface area contributed by atoms with Gasteiger partial charge in [0, 0.05) is 30.2 Å². The van der Waals surface area contributed by atoms with E-state index in [0.717, 1.165) is 12.1 Å². The molecule has 8 nitrogen and oxygen atoms in total. The molecule has 16 heteroatoms. The second-order valence-corrected chi connectivity index (χ2v) is 11.8. The average Bonchev–Trinajstić information content (AvgIpc) is 2.89. The summed E-state index contributed by atoms with van der Waals surface area (Å²) >= 11 is 6.02. The number of benzene rings is 2. The molecule has 2 aromatic rings. The number of piperidine rings is 1. The Morgan fingerprint density at radius 1 is 0.951 bits per heavy atom. The van der Waals surface area contributed by atoms with Gasteiger partial charge in [0.25, 0.3) is 0 Å². The molecule has 0 amide bonds. The van der Waals surface area contributed by atoms with Crippen LogP contribution in [0.5, 0.6) is 23.0 Å². The first-order chi connectivity index (χ1) is 19.2. The lowest BCUT2D eigenvalue weighted by atomic mass is 9.97. The van der Waals surface area contributed by atoms with Crippen molar-refractivity contribution in [3.05, 3.63) is 41.4 Å². The van der Waals surface area contributed by atoms with Crippen molar-refractivity contribution < 1.29 is 53.7 Å². The Balaban J connectivity index is 1.33. The molecule has 1 saturated heterocycles. The van der Waals surface area contributed by atoms with Gasteiger partial charge in [-0.2, -0.15) is 26.3 Å². The van der Waals surface area contributed by atoms with Crippen molar-refractivity contribution in [1.82, 2.24) is 9.62 Å². The fraction of sp³-hybridized carbons (Fsp3) is 0.520. The van der Waals surface area contributed by atoms with E-state index in [1.54, 1.807) is 18.2 Å². The average molecular weight is 633 g/mol. The lowest BCUT2D eigenvalue weighted by molar-refractivity contribution is -0.154. The van der Waals surface area contributed by atoms with Gasteiger partial charge in [-0.05, 0) is 56.1 Å². The summed E-state index contributed by atoms with van der Waals surface area (Å²) in [6.45, 7) is -1.32. The first-order valence-corrected chi connectivity index (χ1v) is 14.4. The third-order valence-corrected chi connectivity index (χ3v) is 8.03. The van der Waals surface area contributed by atoms with Crippen LogP contribution in [0, 0.1) is 5.92 Å². The van der Waals surface area contributed by atoms with Crippen molar-refractivity contribution in [3.8, 4) is 23.0 Å². The summed E-state index contributed by atoms with van der Waals surface area (Å²) in [7, 11) is -4.47. The van der Waals surface area contributed by atoms with Crippen LogP contribution in [0.4, 0.5) is 26.3 Å². The number of likely N-dealkylation sites (tertiary alicyclic amines) is 1. The third kappa shape index (κ3) is 9.45. The van der Waals surface area contributed by atoms with E-state index >= 15 is 0 Å². The second-order valence-electron chi connectivity index (χ2n) is 9.65. The number of ether oxygens (including phenoxy) is 4. The van der Waals surface area contributed by atoms with E-state index in [2.05, 4.69) is 19.1 Å². The number of fused-ring (bicyclic) bond motifs is 1. The SMILES string of the molecule is O=S(=O)(NCC1CCN(CC2COc3ccc(Cl)cc3O2)CC1)c1cc(OCC(F)(F)F)ccc1OCC(F)(F)F. The highest BCUT2D eigenvalue weighted by molar-refractivity contribution is 7.89. The van der Waals surface area contributed by atoms with Gasteiger partial charge >= 0.3 is 12.4 Å². The van der Waals surface area contributed by atoms with Crippen molar-refractivity contribution in [2.24, 2.45) is 5.92 Å². The highest BCUT2D eigenvalue weighted by atomic mass is 35.5. The fourth-order valence-corrected chi connectivity index (χ4v) is 5.81. The third-order valence-electron chi connectivity index (χ3n) is 6.35. The molecule has 0 saturated carbocycles. The topological polar surface area (TPSA) is 86.3 Å². The standard InChI is InChI=1S/C25H27ClF6N2O6S/c26-17-1-3-20-22(9-17)40-19(13-37-20)12-34-7-5-16(6-8-34)11-33-41(35,36)23-10-18(38-14-24(27,28)29)2-4-21(23)39-15-25(30,31)32/h1-4,9-10,16,19,33H,5-8,11-15H2. The first-order valence-electron chi connectivity index (χ1n) is 12.5. The zero-order chi connectivity index (χ0) is 29.8. The Bertz CT molecular complexity index is 1300. The van der Waals surface area contributed by atoms with E-state index in [0.29, 0.717) is 61.7 Å². The number of rotatable bonds is 10. The van der Waals surface area contributed by atoms with Crippen LogP contribution in [0.2, 0.25) is 5.02 Å². The van der Waals surface area contributed by atoms with Gasteiger partial charge in [0.05, 0.1) is 0 Å². The number of alkyl halides is 6. The zero-order valence-corrected chi connectivity index (χ0v) is 23.0. The Morgan fingerprint density at radius 2 is 1.63 bits per heavy atom. The second kappa shape index (κ2) is 12.7. The van der Waals surface area contributed by atoms with Crippen molar-refractivity contribution in [1.29, 1.82) is 0 Å². The molecule has 228 valence electrons. The molecule has 1 atom stereocenters. The molecular weight excluding hydrogens is 606 g/mol. The van der Waals surface area contributed by atoms with E-state index in [1.165, 1.54) is 0 Å². The lowest BCUT2D eigenvalue weighted by Gasteiger charge is -2.35. The quantitative estimate of drug-likeness (QED) is 0.367. The first kappa shape index (κ1) is 31.3. The lowest BCUT2D eigenvalue weighted by Crippen LogP contribution is -2.45. The number of nitrogens with one attached hydrogen (secondary N) is 1. The Hall–Kier alpha value is -2.62. The number of sulfonamides is 1. The Kier molecular flexibility index (Phi) is 9.71. The summed E-state index contributed by atoms with van der Waals surface area (Å²) in [5, 5.41) is 0.524. The molecule has 0 radical (unpaired) electrons. The molecule has 2 aromatic carbocycles. The molecule has 2 aliphatic rings. The minimum Gasteiger partial charge on any atom is -0.486 e. The highest BCUT2D eigenvalue weighted by Gasteiger charge is 2.32. The predicted molar refractivity (Wildman–Crippen MR) is 135 cm³/mol. The molecule has 4 rings (SSSR count). The van der Waals surface area contributed by atoms with Gasteiger partial charge < -0.3 is 18.9 Å². The van der Waals surface area contributed by atoms with Crippen LogP contribution in [0.15, 0.2) is 41.3 Å². The molecule has 1 N–H and O–H groups in total. The van der Waals surface area contributed by atoms with Gasteiger partial charge in [0.15, 0.2) is 24.7 Å². The number of halogens is 7. The molecule has 0 bridgehead atoms. The van der Waals surface area contributed by atoms with Crippen LogP contribution in [0.1, 0.15) is 12.8 Å². The van der Waals surface area contributed by atoms with Gasteiger partial charge in [0.2, 0.25) is 10.0 Å². The highest BCUT2D eigenvalue weighted by Crippen LogP contribution is 2.35. The van der Waals surface area contributed by atoms with Crippen LogP contribution < -0.4 is 23.7 Å². The number of hydrogen-bond donors (Lipinski definition) is 1. The summed E-state index contributed by atoms with van der Waals surface area (Å²) < 4.78 is 125. The van der Waals surface area contributed by atoms with Gasteiger partial charge in [-0.1, -0.05) is 11.6 Å².